The first-order valence-corrected chi connectivity index (χ1v) is 17.2. The highest BCUT2D eigenvalue weighted by Gasteiger charge is 2.55. The normalized spacial score (nSPS) is 17.0. The lowest BCUT2D eigenvalue weighted by atomic mass is 10.1. The van der Waals surface area contributed by atoms with Crippen molar-refractivity contribution in [3.8, 4) is 0 Å². The Morgan fingerprint density at radius 1 is 1.12 bits per heavy atom. The second-order valence-corrected chi connectivity index (χ2v) is 15.2. The topological polar surface area (TPSA) is 143 Å². The van der Waals surface area contributed by atoms with Crippen molar-refractivity contribution in [3.63, 3.8) is 0 Å². The Balaban J connectivity index is 1.68. The molecule has 0 aliphatic carbocycles. The van der Waals surface area contributed by atoms with E-state index in [0.717, 1.165) is 10.1 Å². The maximum absolute atomic E-state index is 13.8. The van der Waals surface area contributed by atoms with Gasteiger partial charge in [0.15, 0.2) is 5.82 Å². The minimum absolute atomic E-state index is 0.196. The van der Waals surface area contributed by atoms with Gasteiger partial charge in [-0.25, -0.2) is 18.7 Å². The average molecular weight is 759 g/mol. The second-order valence-electron chi connectivity index (χ2n) is 12.5. The number of carbonyl (C=O) groups excluding carboxylic acids is 2. The van der Waals surface area contributed by atoms with Crippen LogP contribution in [0.3, 0.4) is 0 Å². The molecule has 0 saturated carbocycles. The van der Waals surface area contributed by atoms with Gasteiger partial charge in [0.1, 0.15) is 11.2 Å². The van der Waals surface area contributed by atoms with Crippen LogP contribution in [0.15, 0.2) is 40.5 Å². The standard InChI is InChI=1S/C31H35BrF3N5O7S/c1-17-6-7-19(13-21(17)32)24(41)15-36-22-16-39(48(44,45)31(33,34)35)28(42)25(22)27-37-26-18(2)12-20(38-8-10-46-11-9-38)14-23(26)40(27)29(43)47-30(3,4)5/h6-7,12-14,24,36,41H,8-11,15-16H2,1-5H3/t24-/m1/s1. The lowest BCUT2D eigenvalue weighted by molar-refractivity contribution is -0.121. The molecule has 48 heavy (non-hydrogen) atoms. The number of aliphatic hydroxyl groups is 1. The van der Waals surface area contributed by atoms with Crippen LogP contribution < -0.4 is 10.2 Å². The molecule has 2 aliphatic rings. The van der Waals surface area contributed by atoms with Gasteiger partial charge in [-0.2, -0.15) is 21.6 Å². The van der Waals surface area contributed by atoms with E-state index in [1.165, 1.54) is 0 Å². The average Bonchev–Trinajstić information content (AvgIpc) is 3.54. The molecule has 1 saturated heterocycles. The highest BCUT2D eigenvalue weighted by Crippen LogP contribution is 2.38. The molecule has 0 spiro atoms. The molecule has 1 aromatic heterocycles. The number of carbonyl (C=O) groups is 2. The number of aliphatic hydroxyl groups excluding tert-OH is 1. The third-order valence-corrected chi connectivity index (χ3v) is 10.1. The number of aromatic nitrogens is 2. The number of rotatable bonds is 7. The number of halogens is 4. The number of sulfonamides is 1. The number of morpholine rings is 1. The molecule has 2 aliphatic heterocycles. The second kappa shape index (κ2) is 13.0. The molecule has 260 valence electrons. The molecule has 0 radical (unpaired) electrons. The zero-order valence-corrected chi connectivity index (χ0v) is 29.2. The van der Waals surface area contributed by atoms with Crippen molar-refractivity contribution in [1.29, 1.82) is 0 Å². The Labute approximate surface area is 283 Å². The SMILES string of the molecule is Cc1ccc([C@H](O)CNC2=C(c3nc4c(C)cc(N5CCOCC5)cc4n3C(=O)OC(C)(C)C)C(=O)N(S(=O)(=O)C(F)(F)F)C2)cc1Br. The number of fused-ring (bicyclic) bond motifs is 1. The summed E-state index contributed by atoms with van der Waals surface area (Å²) in [4.78, 5) is 34.2. The molecule has 2 N–H and O–H groups in total. The predicted octanol–water partition coefficient (Wildman–Crippen LogP) is 4.76. The first kappa shape index (κ1) is 35.6. The number of nitrogens with one attached hydrogen (secondary N) is 1. The molecule has 1 fully saturated rings. The van der Waals surface area contributed by atoms with Crippen molar-refractivity contribution in [3.05, 3.63) is 63.0 Å². The number of benzene rings is 2. The van der Waals surface area contributed by atoms with E-state index >= 15 is 0 Å². The monoisotopic (exact) mass is 757 g/mol. The lowest BCUT2D eigenvalue weighted by Crippen LogP contribution is -2.43. The number of alkyl halides is 3. The number of aryl methyl sites for hydroxylation is 2. The van der Waals surface area contributed by atoms with Gasteiger partial charge in [0.25, 0.3) is 5.91 Å². The van der Waals surface area contributed by atoms with Crippen molar-refractivity contribution in [2.45, 2.75) is 51.8 Å². The molecule has 1 atom stereocenters. The van der Waals surface area contributed by atoms with Crippen LogP contribution in [-0.4, -0.2) is 89.9 Å². The highest BCUT2D eigenvalue weighted by atomic mass is 79.9. The van der Waals surface area contributed by atoms with Gasteiger partial charge in [-0.3, -0.25) is 4.79 Å². The molecule has 17 heteroatoms. The van der Waals surface area contributed by atoms with E-state index in [1.54, 1.807) is 52.0 Å². The first-order chi connectivity index (χ1) is 22.3. The third-order valence-electron chi connectivity index (χ3n) is 7.83. The largest absolute Gasteiger partial charge is 0.516 e. The molecule has 0 bridgehead atoms. The fourth-order valence-corrected chi connectivity index (χ4v) is 6.64. The van der Waals surface area contributed by atoms with E-state index in [4.69, 9.17) is 9.47 Å². The summed E-state index contributed by atoms with van der Waals surface area (Å²) in [6, 6.07) is 8.54. The Morgan fingerprint density at radius 2 is 1.79 bits per heavy atom. The molecule has 12 nitrogen and oxygen atoms in total. The predicted molar refractivity (Wildman–Crippen MR) is 175 cm³/mol. The van der Waals surface area contributed by atoms with Crippen LogP contribution in [0.5, 0.6) is 0 Å². The molecular weight excluding hydrogens is 723 g/mol. The minimum Gasteiger partial charge on any atom is -0.443 e. The van der Waals surface area contributed by atoms with E-state index < -0.39 is 57.2 Å². The van der Waals surface area contributed by atoms with Gasteiger partial charge in [-0.05, 0) is 69.5 Å². The van der Waals surface area contributed by atoms with Crippen molar-refractivity contribution in [1.82, 2.24) is 19.2 Å². The van der Waals surface area contributed by atoms with Crippen molar-refractivity contribution in [2.24, 2.45) is 0 Å². The molecule has 5 rings (SSSR count). The molecule has 3 aromatic rings. The van der Waals surface area contributed by atoms with Crippen LogP contribution in [0.4, 0.5) is 23.7 Å². The minimum atomic E-state index is -6.16. The zero-order chi connectivity index (χ0) is 35.3. The molecule has 2 aromatic carbocycles. The maximum Gasteiger partial charge on any atom is 0.516 e. The van der Waals surface area contributed by atoms with Gasteiger partial charge in [-0.15, -0.1) is 0 Å². The summed E-state index contributed by atoms with van der Waals surface area (Å²) in [6.07, 6.45) is -2.21. The maximum atomic E-state index is 13.8. The molecule has 0 unspecified atom stereocenters. The summed E-state index contributed by atoms with van der Waals surface area (Å²) < 4.78 is 79.0. The Bertz CT molecular complexity index is 1920. The van der Waals surface area contributed by atoms with Crippen LogP contribution in [-0.2, 0) is 24.3 Å². The van der Waals surface area contributed by atoms with Crippen LogP contribution in [0, 0.1) is 13.8 Å². The molecular formula is C31H35BrF3N5O7S. The summed E-state index contributed by atoms with van der Waals surface area (Å²) in [6.45, 7) is 9.10. The molecule has 3 heterocycles. The van der Waals surface area contributed by atoms with E-state index in [2.05, 4.69) is 26.2 Å². The van der Waals surface area contributed by atoms with E-state index in [9.17, 15) is 36.3 Å². The summed E-state index contributed by atoms with van der Waals surface area (Å²) in [5, 5.41) is 13.7. The van der Waals surface area contributed by atoms with Crippen molar-refractivity contribution >= 4 is 60.2 Å². The van der Waals surface area contributed by atoms with Crippen molar-refractivity contribution in [2.75, 3.05) is 44.3 Å². The third kappa shape index (κ3) is 6.91. The quantitative estimate of drug-likeness (QED) is 0.347. The number of ether oxygens (including phenoxy) is 2. The fraction of sp³-hybridized carbons (Fsp3) is 0.452. The molecule has 1 amide bonds. The van der Waals surface area contributed by atoms with Gasteiger partial charge in [0.05, 0.1) is 36.9 Å². The fourth-order valence-electron chi connectivity index (χ4n) is 5.39. The summed E-state index contributed by atoms with van der Waals surface area (Å²) in [7, 11) is -6.16. The Hall–Kier alpha value is -3.67. The van der Waals surface area contributed by atoms with E-state index in [1.807, 2.05) is 17.9 Å². The summed E-state index contributed by atoms with van der Waals surface area (Å²) in [5.41, 5.74) is -4.64. The zero-order valence-electron chi connectivity index (χ0n) is 26.8. The number of amides is 1. The van der Waals surface area contributed by atoms with Gasteiger partial charge < -0.3 is 24.8 Å². The van der Waals surface area contributed by atoms with E-state index in [0.29, 0.717) is 47.6 Å². The van der Waals surface area contributed by atoms with Crippen molar-refractivity contribution < 1.29 is 45.8 Å². The van der Waals surface area contributed by atoms with Crippen LogP contribution >= 0.6 is 15.9 Å². The highest BCUT2D eigenvalue weighted by molar-refractivity contribution is 9.10. The summed E-state index contributed by atoms with van der Waals surface area (Å²) in [5.74, 6) is -1.96. The first-order valence-electron chi connectivity index (χ1n) is 14.9. The number of hydrogen-bond acceptors (Lipinski definition) is 10. The van der Waals surface area contributed by atoms with Gasteiger partial charge in [0.2, 0.25) is 0 Å². The van der Waals surface area contributed by atoms with Gasteiger partial charge in [-0.1, -0.05) is 28.1 Å². The van der Waals surface area contributed by atoms with Crippen LogP contribution in [0.1, 0.15) is 49.4 Å². The summed E-state index contributed by atoms with van der Waals surface area (Å²) >= 11 is 3.39. The van der Waals surface area contributed by atoms with Gasteiger partial charge in [0, 0.05) is 35.5 Å². The smallest absolute Gasteiger partial charge is 0.443 e. The number of anilines is 1. The van der Waals surface area contributed by atoms with E-state index in [-0.39, 0.29) is 27.6 Å². The number of hydrogen-bond donors (Lipinski definition) is 2. The Kier molecular flexibility index (Phi) is 9.64. The van der Waals surface area contributed by atoms with Crippen LogP contribution in [0.25, 0.3) is 16.6 Å². The van der Waals surface area contributed by atoms with Gasteiger partial charge >= 0.3 is 21.6 Å². The Morgan fingerprint density at radius 3 is 2.40 bits per heavy atom. The van der Waals surface area contributed by atoms with Crippen LogP contribution in [0.2, 0.25) is 0 Å². The number of nitrogens with zero attached hydrogens (tertiary/aromatic N) is 4. The number of imidazole rings is 1. The lowest BCUT2D eigenvalue weighted by Gasteiger charge is -2.29.